The van der Waals surface area contributed by atoms with Gasteiger partial charge in [-0.1, -0.05) is 34.7 Å². The third-order valence-corrected chi connectivity index (χ3v) is 6.02. The van der Waals surface area contributed by atoms with Crippen molar-refractivity contribution >= 4 is 38.2 Å². The topological polar surface area (TPSA) is 51.2 Å². The van der Waals surface area contributed by atoms with Crippen LogP contribution in [0.3, 0.4) is 0 Å². The van der Waals surface area contributed by atoms with Gasteiger partial charge in [0.05, 0.1) is 5.56 Å². The average Bonchev–Trinajstić information content (AvgIpc) is 2.15. The third kappa shape index (κ3) is 2.97. The summed E-state index contributed by atoms with van der Waals surface area (Å²) in [5.41, 5.74) is -0.192. The summed E-state index contributed by atoms with van der Waals surface area (Å²) in [5, 5.41) is 0. The number of ketones is 1. The smallest absolute Gasteiger partial charge is 0.193 e. The van der Waals surface area contributed by atoms with Crippen LogP contribution in [0.25, 0.3) is 0 Å². The first-order valence-corrected chi connectivity index (χ1v) is 7.15. The SMILES string of the molecule is CS(=O)(=O)C(I)C(=O)c1ccccc1F. The Balaban J connectivity index is 3.12. The second kappa shape index (κ2) is 4.56. The molecule has 0 aliphatic carbocycles. The normalized spacial score (nSPS) is 13.5. The van der Waals surface area contributed by atoms with Crippen LogP contribution in [0.2, 0.25) is 0 Å². The van der Waals surface area contributed by atoms with Crippen molar-refractivity contribution in [2.75, 3.05) is 6.26 Å². The molecule has 82 valence electrons. The molecule has 0 radical (unpaired) electrons. The van der Waals surface area contributed by atoms with Crippen LogP contribution >= 0.6 is 22.6 Å². The summed E-state index contributed by atoms with van der Waals surface area (Å²) in [4.78, 5) is 11.6. The van der Waals surface area contributed by atoms with Crippen molar-refractivity contribution in [3.63, 3.8) is 0 Å². The highest BCUT2D eigenvalue weighted by Crippen LogP contribution is 2.17. The lowest BCUT2D eigenvalue weighted by Crippen LogP contribution is -2.24. The minimum atomic E-state index is -3.50. The van der Waals surface area contributed by atoms with E-state index in [2.05, 4.69) is 0 Å². The second-order valence-corrected chi connectivity index (χ2v) is 7.21. The summed E-state index contributed by atoms with van der Waals surface area (Å²) in [6.07, 6.45) is 0.947. The minimum absolute atomic E-state index is 0.192. The van der Waals surface area contributed by atoms with Crippen LogP contribution in [-0.4, -0.2) is 23.7 Å². The van der Waals surface area contributed by atoms with Gasteiger partial charge in [-0.15, -0.1) is 0 Å². The molecular weight excluding hydrogens is 334 g/mol. The predicted octanol–water partition coefficient (Wildman–Crippen LogP) is 1.81. The van der Waals surface area contributed by atoms with Gasteiger partial charge in [0.1, 0.15) is 5.82 Å². The van der Waals surface area contributed by atoms with Crippen molar-refractivity contribution < 1.29 is 17.6 Å². The van der Waals surface area contributed by atoms with E-state index < -0.39 is 24.7 Å². The summed E-state index contributed by atoms with van der Waals surface area (Å²) in [5.74, 6) is -1.43. The van der Waals surface area contributed by atoms with Crippen LogP contribution in [0.15, 0.2) is 24.3 Å². The number of hydrogen-bond acceptors (Lipinski definition) is 3. The number of halogens is 2. The highest BCUT2D eigenvalue weighted by Gasteiger charge is 2.28. The lowest BCUT2D eigenvalue weighted by Gasteiger charge is -2.07. The highest BCUT2D eigenvalue weighted by molar-refractivity contribution is 14.1. The van der Waals surface area contributed by atoms with Gasteiger partial charge in [0.2, 0.25) is 0 Å². The van der Waals surface area contributed by atoms with E-state index >= 15 is 0 Å². The Hall–Kier alpha value is -0.500. The number of sulfone groups is 1. The lowest BCUT2D eigenvalue weighted by atomic mass is 10.1. The zero-order valence-electron chi connectivity index (χ0n) is 7.78. The Morgan fingerprint density at radius 3 is 2.40 bits per heavy atom. The van der Waals surface area contributed by atoms with Crippen molar-refractivity contribution in [2.24, 2.45) is 0 Å². The largest absolute Gasteiger partial charge is 0.292 e. The molecular formula is C9H8FIO3S. The highest BCUT2D eigenvalue weighted by atomic mass is 127. The van der Waals surface area contributed by atoms with Crippen molar-refractivity contribution in [1.82, 2.24) is 0 Å². The predicted molar refractivity (Wildman–Crippen MR) is 63.4 cm³/mol. The maximum absolute atomic E-state index is 13.2. The van der Waals surface area contributed by atoms with Gasteiger partial charge in [-0.25, -0.2) is 12.8 Å². The van der Waals surface area contributed by atoms with E-state index in [0.717, 1.165) is 12.3 Å². The number of rotatable bonds is 3. The van der Waals surface area contributed by atoms with Crippen molar-refractivity contribution in [3.05, 3.63) is 35.6 Å². The monoisotopic (exact) mass is 342 g/mol. The summed E-state index contributed by atoms with van der Waals surface area (Å²) >= 11 is 1.49. The van der Waals surface area contributed by atoms with Crippen molar-refractivity contribution in [2.45, 2.75) is 3.26 Å². The Bertz CT molecular complexity index is 484. The summed E-state index contributed by atoms with van der Waals surface area (Å²) in [6, 6.07) is 5.32. The Labute approximate surface area is 101 Å². The summed E-state index contributed by atoms with van der Waals surface area (Å²) < 4.78 is 34.1. The molecule has 0 fully saturated rings. The molecule has 0 saturated carbocycles. The molecule has 1 aromatic rings. The third-order valence-electron chi connectivity index (χ3n) is 1.72. The molecule has 0 spiro atoms. The number of carbonyl (C=O) groups excluding carboxylic acids is 1. The number of Topliss-reactive ketones (excluding diaryl/α,β-unsaturated/α-hetero) is 1. The molecule has 1 rings (SSSR count). The van der Waals surface area contributed by atoms with E-state index in [0.29, 0.717) is 0 Å². The fourth-order valence-corrected chi connectivity index (χ4v) is 1.83. The maximum atomic E-state index is 13.2. The second-order valence-electron chi connectivity index (χ2n) is 2.99. The molecule has 0 aliphatic heterocycles. The van der Waals surface area contributed by atoms with Crippen molar-refractivity contribution in [1.29, 1.82) is 0 Å². The van der Waals surface area contributed by atoms with Gasteiger partial charge in [-0.3, -0.25) is 4.79 Å². The number of benzene rings is 1. The first-order valence-electron chi connectivity index (χ1n) is 3.95. The quantitative estimate of drug-likeness (QED) is 0.478. The van der Waals surface area contributed by atoms with Crippen LogP contribution in [0.4, 0.5) is 4.39 Å². The molecule has 1 aromatic carbocycles. The maximum Gasteiger partial charge on any atom is 0.193 e. The van der Waals surface area contributed by atoms with Gasteiger partial charge < -0.3 is 0 Å². The van der Waals surface area contributed by atoms with E-state index in [9.17, 15) is 17.6 Å². The zero-order chi connectivity index (χ0) is 11.6. The molecule has 0 aliphatic rings. The van der Waals surface area contributed by atoms with E-state index in [1.54, 1.807) is 0 Å². The standard InChI is InChI=1S/C9H8FIO3S/c1-15(13,14)9(11)8(12)6-4-2-3-5-7(6)10/h2-5,9H,1H3. The minimum Gasteiger partial charge on any atom is -0.292 e. The first-order chi connectivity index (χ1) is 6.84. The number of carbonyl (C=O) groups is 1. The average molecular weight is 342 g/mol. The molecule has 0 amide bonds. The number of hydrogen-bond donors (Lipinski definition) is 0. The van der Waals surface area contributed by atoms with Gasteiger partial charge in [-0.2, -0.15) is 0 Å². The van der Waals surface area contributed by atoms with Crippen LogP contribution in [0.5, 0.6) is 0 Å². The van der Waals surface area contributed by atoms with Gasteiger partial charge in [0.25, 0.3) is 0 Å². The summed E-state index contributed by atoms with van der Waals surface area (Å²) in [6.45, 7) is 0. The van der Waals surface area contributed by atoms with E-state index in [-0.39, 0.29) is 5.56 Å². The molecule has 0 aromatic heterocycles. The lowest BCUT2D eigenvalue weighted by molar-refractivity contribution is 0.101. The number of alkyl halides is 1. The Kier molecular flexibility index (Phi) is 3.82. The summed E-state index contributed by atoms with van der Waals surface area (Å²) in [7, 11) is -3.50. The van der Waals surface area contributed by atoms with Crippen molar-refractivity contribution in [3.8, 4) is 0 Å². The molecule has 3 nitrogen and oxygen atoms in total. The fourth-order valence-electron chi connectivity index (χ4n) is 0.978. The molecule has 0 N–H and O–H groups in total. The zero-order valence-corrected chi connectivity index (χ0v) is 10.7. The van der Waals surface area contributed by atoms with Gasteiger partial charge in [-0.05, 0) is 12.1 Å². The molecule has 0 heterocycles. The van der Waals surface area contributed by atoms with Crippen LogP contribution in [0, 0.1) is 5.82 Å². The van der Waals surface area contributed by atoms with E-state index in [1.165, 1.54) is 40.8 Å². The van der Waals surface area contributed by atoms with Crippen LogP contribution in [-0.2, 0) is 9.84 Å². The molecule has 0 bridgehead atoms. The Morgan fingerprint density at radius 2 is 1.93 bits per heavy atom. The molecule has 15 heavy (non-hydrogen) atoms. The molecule has 1 unspecified atom stereocenters. The van der Waals surface area contributed by atoms with Crippen LogP contribution in [0.1, 0.15) is 10.4 Å². The van der Waals surface area contributed by atoms with Gasteiger partial charge in [0, 0.05) is 6.26 Å². The molecule has 6 heteroatoms. The fraction of sp³-hybridized carbons (Fsp3) is 0.222. The first kappa shape index (κ1) is 12.6. The van der Waals surface area contributed by atoms with Gasteiger partial charge in [0.15, 0.2) is 18.9 Å². The molecule has 1 atom stereocenters. The Morgan fingerprint density at radius 1 is 1.40 bits per heavy atom. The molecule has 0 saturated heterocycles. The van der Waals surface area contributed by atoms with E-state index in [4.69, 9.17) is 0 Å². The van der Waals surface area contributed by atoms with E-state index in [1.807, 2.05) is 0 Å². The van der Waals surface area contributed by atoms with Gasteiger partial charge >= 0.3 is 0 Å². The van der Waals surface area contributed by atoms with Crippen LogP contribution < -0.4 is 0 Å².